The molecule has 0 bridgehead atoms. The summed E-state index contributed by atoms with van der Waals surface area (Å²) in [5.41, 5.74) is 2.92. The van der Waals surface area contributed by atoms with E-state index in [-0.39, 0.29) is 11.8 Å². The molecule has 35 heavy (non-hydrogen) atoms. The van der Waals surface area contributed by atoms with E-state index in [1.807, 2.05) is 71.6 Å². The minimum Gasteiger partial charge on any atom is -0.497 e. The van der Waals surface area contributed by atoms with Crippen LogP contribution in [0.5, 0.6) is 11.5 Å². The zero-order valence-corrected chi connectivity index (χ0v) is 20.4. The minimum absolute atomic E-state index is 0.0282. The monoisotopic (exact) mass is 489 g/mol. The first kappa shape index (κ1) is 23.2. The third-order valence-corrected chi connectivity index (χ3v) is 6.72. The summed E-state index contributed by atoms with van der Waals surface area (Å²) in [7, 11) is 1.63. The summed E-state index contributed by atoms with van der Waals surface area (Å²) in [6, 6.07) is 23.4. The van der Waals surface area contributed by atoms with E-state index in [4.69, 9.17) is 26.1 Å². The number of ether oxygens (including phenoxy) is 2. The molecule has 1 fully saturated rings. The topological polar surface area (TPSA) is 56.6 Å². The van der Waals surface area contributed by atoms with E-state index in [0.717, 1.165) is 47.7 Å². The summed E-state index contributed by atoms with van der Waals surface area (Å²) in [5, 5.41) is 0.627. The molecule has 1 aromatic heterocycles. The second-order valence-electron chi connectivity index (χ2n) is 8.70. The summed E-state index contributed by atoms with van der Waals surface area (Å²) < 4.78 is 13.5. The average molecular weight is 490 g/mol. The lowest BCUT2D eigenvalue weighted by Crippen LogP contribution is -2.24. The zero-order chi connectivity index (χ0) is 24.2. The van der Waals surface area contributed by atoms with Crippen molar-refractivity contribution < 1.29 is 14.3 Å². The van der Waals surface area contributed by atoms with Crippen LogP contribution >= 0.6 is 11.6 Å². The first-order chi connectivity index (χ1) is 17.1. The lowest BCUT2D eigenvalue weighted by atomic mass is 10.1. The van der Waals surface area contributed by atoms with Crippen LogP contribution in [0, 0.1) is 0 Å². The average Bonchev–Trinajstić information content (AvgIpc) is 3.45. The van der Waals surface area contributed by atoms with Crippen molar-refractivity contribution in [1.82, 2.24) is 9.55 Å². The molecule has 4 aromatic rings. The number of para-hydroxylation sites is 3. The van der Waals surface area contributed by atoms with Crippen LogP contribution in [0.25, 0.3) is 11.0 Å². The molecule has 3 aromatic carbocycles. The standard InChI is InChI=1S/C28H28ClN3O3/c1-34-22-10-8-9-21(18-22)32-19-20(17-27(32)33)28-30-24-12-3-4-13-25(24)31(28)15-6-7-16-35-26-14-5-2-11-23(26)29/h2-5,8-14,18,20H,6-7,15-17,19H2,1H3. The van der Waals surface area contributed by atoms with Gasteiger partial charge in [0.25, 0.3) is 0 Å². The number of nitrogens with zero attached hydrogens (tertiary/aromatic N) is 3. The Morgan fingerprint density at radius 2 is 1.86 bits per heavy atom. The number of fused-ring (bicyclic) bond motifs is 1. The van der Waals surface area contributed by atoms with Gasteiger partial charge in [-0.2, -0.15) is 0 Å². The van der Waals surface area contributed by atoms with Crippen molar-refractivity contribution in [2.75, 3.05) is 25.2 Å². The second kappa shape index (κ2) is 10.4. The molecular weight excluding hydrogens is 462 g/mol. The fourth-order valence-corrected chi connectivity index (χ4v) is 4.86. The fourth-order valence-electron chi connectivity index (χ4n) is 4.67. The number of aromatic nitrogens is 2. The maximum absolute atomic E-state index is 13.0. The van der Waals surface area contributed by atoms with Crippen LogP contribution in [0.4, 0.5) is 5.69 Å². The maximum atomic E-state index is 13.0. The molecule has 0 aliphatic carbocycles. The number of methoxy groups -OCH3 is 1. The number of hydrogen-bond donors (Lipinski definition) is 0. The summed E-state index contributed by atoms with van der Waals surface area (Å²) >= 11 is 6.19. The van der Waals surface area contributed by atoms with E-state index in [1.165, 1.54) is 0 Å². The highest BCUT2D eigenvalue weighted by Crippen LogP contribution is 2.34. The Kier molecular flexibility index (Phi) is 6.91. The smallest absolute Gasteiger partial charge is 0.227 e. The highest BCUT2D eigenvalue weighted by Gasteiger charge is 2.35. The molecule has 1 amide bonds. The van der Waals surface area contributed by atoms with Gasteiger partial charge in [0.2, 0.25) is 5.91 Å². The van der Waals surface area contributed by atoms with Crippen molar-refractivity contribution in [1.29, 1.82) is 0 Å². The van der Waals surface area contributed by atoms with Gasteiger partial charge >= 0.3 is 0 Å². The number of halogens is 1. The molecule has 1 saturated heterocycles. The van der Waals surface area contributed by atoms with Crippen LogP contribution in [0.2, 0.25) is 5.02 Å². The van der Waals surface area contributed by atoms with Crippen LogP contribution < -0.4 is 14.4 Å². The Morgan fingerprint density at radius 1 is 1.03 bits per heavy atom. The third-order valence-electron chi connectivity index (χ3n) is 6.41. The Balaban J connectivity index is 1.30. The number of benzene rings is 3. The van der Waals surface area contributed by atoms with Crippen LogP contribution in [0.3, 0.4) is 0 Å². The molecule has 0 radical (unpaired) electrons. The van der Waals surface area contributed by atoms with Crippen LogP contribution in [-0.4, -0.2) is 35.7 Å². The van der Waals surface area contributed by atoms with Gasteiger partial charge in [0, 0.05) is 37.2 Å². The molecule has 0 spiro atoms. The molecule has 1 atom stereocenters. The number of hydrogen-bond acceptors (Lipinski definition) is 4. The Bertz CT molecular complexity index is 1340. The number of carbonyl (C=O) groups is 1. The van der Waals surface area contributed by atoms with E-state index < -0.39 is 0 Å². The van der Waals surface area contributed by atoms with Gasteiger partial charge in [0.1, 0.15) is 17.3 Å². The van der Waals surface area contributed by atoms with E-state index in [0.29, 0.717) is 30.3 Å². The molecule has 180 valence electrons. The van der Waals surface area contributed by atoms with E-state index in [2.05, 4.69) is 10.6 Å². The highest BCUT2D eigenvalue weighted by molar-refractivity contribution is 6.32. The summed E-state index contributed by atoms with van der Waals surface area (Å²) in [6.45, 7) is 2.01. The number of amides is 1. The predicted molar refractivity (Wildman–Crippen MR) is 139 cm³/mol. The van der Waals surface area contributed by atoms with Gasteiger partial charge in [-0.1, -0.05) is 41.9 Å². The third kappa shape index (κ3) is 4.98. The minimum atomic E-state index is 0.0282. The lowest BCUT2D eigenvalue weighted by Gasteiger charge is -2.18. The Morgan fingerprint density at radius 3 is 2.71 bits per heavy atom. The molecule has 1 aliphatic heterocycles. The summed E-state index contributed by atoms with van der Waals surface area (Å²) in [6.07, 6.45) is 2.25. The van der Waals surface area contributed by atoms with E-state index in [1.54, 1.807) is 7.11 Å². The Hall–Kier alpha value is -3.51. The van der Waals surface area contributed by atoms with Crippen molar-refractivity contribution in [3.63, 3.8) is 0 Å². The van der Waals surface area contributed by atoms with Gasteiger partial charge in [0.15, 0.2) is 0 Å². The van der Waals surface area contributed by atoms with Crippen LogP contribution in [0.15, 0.2) is 72.8 Å². The SMILES string of the molecule is COc1cccc(N2CC(c3nc4ccccc4n3CCCCOc3ccccc3Cl)CC2=O)c1. The number of carbonyl (C=O) groups excluding carboxylic acids is 1. The largest absolute Gasteiger partial charge is 0.497 e. The zero-order valence-electron chi connectivity index (χ0n) is 19.7. The van der Waals surface area contributed by atoms with Crippen molar-refractivity contribution in [3.8, 4) is 11.5 Å². The van der Waals surface area contributed by atoms with Gasteiger partial charge < -0.3 is 18.9 Å². The Labute approximate surface area is 210 Å². The molecule has 6 nitrogen and oxygen atoms in total. The number of imidazole rings is 1. The summed E-state index contributed by atoms with van der Waals surface area (Å²) in [4.78, 5) is 19.8. The van der Waals surface area contributed by atoms with Crippen molar-refractivity contribution in [3.05, 3.63) is 83.6 Å². The van der Waals surface area contributed by atoms with Crippen LogP contribution in [0.1, 0.15) is 31.0 Å². The van der Waals surface area contributed by atoms with Gasteiger partial charge in [0.05, 0.1) is 29.8 Å². The predicted octanol–water partition coefficient (Wildman–Crippen LogP) is 6.08. The van der Waals surface area contributed by atoms with Gasteiger partial charge in [-0.3, -0.25) is 4.79 Å². The van der Waals surface area contributed by atoms with Gasteiger partial charge in [-0.05, 0) is 49.2 Å². The number of rotatable bonds is 9. The van der Waals surface area contributed by atoms with E-state index in [9.17, 15) is 4.79 Å². The first-order valence-electron chi connectivity index (χ1n) is 11.9. The molecule has 0 N–H and O–H groups in total. The maximum Gasteiger partial charge on any atom is 0.227 e. The highest BCUT2D eigenvalue weighted by atomic mass is 35.5. The first-order valence-corrected chi connectivity index (χ1v) is 12.3. The lowest BCUT2D eigenvalue weighted by molar-refractivity contribution is -0.117. The second-order valence-corrected chi connectivity index (χ2v) is 9.11. The van der Waals surface area contributed by atoms with Crippen molar-refractivity contribution in [2.24, 2.45) is 0 Å². The molecule has 1 aliphatic rings. The molecule has 2 heterocycles. The fraction of sp³-hybridized carbons (Fsp3) is 0.286. The van der Waals surface area contributed by atoms with Crippen molar-refractivity contribution >= 4 is 34.2 Å². The van der Waals surface area contributed by atoms with Gasteiger partial charge in [-0.15, -0.1) is 0 Å². The molecule has 7 heteroatoms. The van der Waals surface area contributed by atoms with E-state index >= 15 is 0 Å². The number of unbranched alkanes of at least 4 members (excludes halogenated alkanes) is 1. The van der Waals surface area contributed by atoms with Crippen molar-refractivity contribution in [2.45, 2.75) is 31.7 Å². The summed E-state index contributed by atoms with van der Waals surface area (Å²) in [5.74, 6) is 2.56. The molecule has 5 rings (SSSR count). The van der Waals surface area contributed by atoms with Crippen LogP contribution in [-0.2, 0) is 11.3 Å². The van der Waals surface area contributed by atoms with Gasteiger partial charge in [-0.25, -0.2) is 4.98 Å². The number of aryl methyl sites for hydroxylation is 1. The molecular formula is C28H28ClN3O3. The number of anilines is 1. The normalized spacial score (nSPS) is 15.7. The quantitative estimate of drug-likeness (QED) is 0.267. The molecule has 0 saturated carbocycles. The molecule has 1 unspecified atom stereocenters.